The Morgan fingerprint density at radius 1 is 1.40 bits per heavy atom. The molecule has 0 aliphatic rings. The van der Waals surface area contributed by atoms with Gasteiger partial charge in [-0.1, -0.05) is 32.0 Å². The minimum Gasteiger partial charge on any atom is -0.396 e. The number of aliphatic hydroxyl groups excluding tert-OH is 1. The number of amides is 1. The number of benzene rings is 1. The van der Waals surface area contributed by atoms with Crippen molar-refractivity contribution < 1.29 is 14.8 Å². The first-order chi connectivity index (χ1) is 9.45. The van der Waals surface area contributed by atoms with Crippen LogP contribution in [-0.2, 0) is 11.2 Å². The van der Waals surface area contributed by atoms with Gasteiger partial charge in [0.1, 0.15) is 0 Å². The van der Waals surface area contributed by atoms with Crippen LogP contribution in [0.2, 0.25) is 0 Å². The van der Waals surface area contributed by atoms with Gasteiger partial charge in [0.05, 0.1) is 11.3 Å². The molecule has 6 nitrogen and oxygen atoms in total. The Hall–Kier alpha value is -1.95. The number of hydrogen-bond donors (Lipinski definition) is 2. The van der Waals surface area contributed by atoms with Gasteiger partial charge < -0.3 is 10.4 Å². The molecular weight excluding hydrogens is 260 g/mol. The minimum absolute atomic E-state index is 0.00535. The van der Waals surface area contributed by atoms with Crippen molar-refractivity contribution >= 4 is 11.6 Å². The number of nitro benzene ring substituents is 1. The summed E-state index contributed by atoms with van der Waals surface area (Å²) in [6, 6.07) is 6.07. The lowest BCUT2D eigenvalue weighted by molar-refractivity contribution is -0.385. The molecule has 0 heterocycles. The second-order valence-corrected chi connectivity index (χ2v) is 4.99. The van der Waals surface area contributed by atoms with E-state index in [4.69, 9.17) is 5.11 Å². The Labute approximate surface area is 118 Å². The van der Waals surface area contributed by atoms with Gasteiger partial charge >= 0.3 is 0 Å². The number of nitrogens with zero attached hydrogens (tertiary/aromatic N) is 1. The predicted octanol–water partition coefficient (Wildman–Crippen LogP) is 1.66. The fourth-order valence-corrected chi connectivity index (χ4v) is 1.98. The van der Waals surface area contributed by atoms with Gasteiger partial charge in [-0.25, -0.2) is 0 Å². The molecule has 0 bridgehead atoms. The van der Waals surface area contributed by atoms with Crippen LogP contribution in [-0.4, -0.2) is 28.6 Å². The summed E-state index contributed by atoms with van der Waals surface area (Å²) in [5, 5.41) is 22.7. The summed E-state index contributed by atoms with van der Waals surface area (Å²) < 4.78 is 0. The Balaban J connectivity index is 2.73. The summed E-state index contributed by atoms with van der Waals surface area (Å²) >= 11 is 0. The average Bonchev–Trinajstić information content (AvgIpc) is 2.38. The number of nitro groups is 1. The Kier molecular flexibility index (Phi) is 6.11. The summed E-state index contributed by atoms with van der Waals surface area (Å²) in [5.74, 6) is -0.0803. The molecule has 2 N–H and O–H groups in total. The van der Waals surface area contributed by atoms with Crippen LogP contribution in [0.15, 0.2) is 24.3 Å². The summed E-state index contributed by atoms with van der Waals surface area (Å²) in [4.78, 5) is 22.3. The fraction of sp³-hybridized carbons (Fsp3) is 0.500. The molecule has 20 heavy (non-hydrogen) atoms. The maximum atomic E-state index is 12.0. The third-order valence-corrected chi connectivity index (χ3v) is 3.13. The first-order valence-electron chi connectivity index (χ1n) is 6.58. The van der Waals surface area contributed by atoms with Gasteiger partial charge in [0, 0.05) is 24.3 Å². The molecule has 0 aromatic heterocycles. The van der Waals surface area contributed by atoms with Crippen molar-refractivity contribution in [2.24, 2.45) is 5.92 Å². The highest BCUT2D eigenvalue weighted by atomic mass is 16.6. The molecule has 1 aromatic rings. The van der Waals surface area contributed by atoms with Crippen LogP contribution in [0.4, 0.5) is 5.69 Å². The van der Waals surface area contributed by atoms with E-state index in [1.165, 1.54) is 6.07 Å². The van der Waals surface area contributed by atoms with Gasteiger partial charge in [-0.15, -0.1) is 0 Å². The molecule has 1 amide bonds. The van der Waals surface area contributed by atoms with E-state index in [9.17, 15) is 14.9 Å². The lowest BCUT2D eigenvalue weighted by Crippen LogP contribution is -2.40. The van der Waals surface area contributed by atoms with Gasteiger partial charge in [-0.2, -0.15) is 0 Å². The van der Waals surface area contributed by atoms with Gasteiger partial charge in [-0.05, 0) is 12.3 Å². The second-order valence-electron chi connectivity index (χ2n) is 4.99. The lowest BCUT2D eigenvalue weighted by Gasteiger charge is -2.21. The molecule has 1 rings (SSSR count). The molecule has 0 saturated carbocycles. The van der Waals surface area contributed by atoms with Crippen LogP contribution in [0, 0.1) is 16.0 Å². The van der Waals surface area contributed by atoms with Crippen LogP contribution in [0.25, 0.3) is 0 Å². The van der Waals surface area contributed by atoms with Crippen LogP contribution in [0.1, 0.15) is 25.8 Å². The van der Waals surface area contributed by atoms with E-state index < -0.39 is 4.92 Å². The fourth-order valence-electron chi connectivity index (χ4n) is 1.98. The maximum Gasteiger partial charge on any atom is 0.273 e. The van der Waals surface area contributed by atoms with Crippen LogP contribution >= 0.6 is 0 Å². The minimum atomic E-state index is -0.490. The normalized spacial score (nSPS) is 12.2. The second kappa shape index (κ2) is 7.59. The third kappa shape index (κ3) is 4.62. The number of para-hydroxylation sites is 1. The van der Waals surface area contributed by atoms with Crippen molar-refractivity contribution in [2.75, 3.05) is 6.61 Å². The number of rotatable bonds is 7. The zero-order valence-electron chi connectivity index (χ0n) is 11.7. The monoisotopic (exact) mass is 280 g/mol. The first kappa shape index (κ1) is 16.1. The molecule has 1 unspecified atom stereocenters. The highest BCUT2D eigenvalue weighted by Gasteiger charge is 2.19. The lowest BCUT2D eigenvalue weighted by atomic mass is 10.0. The summed E-state index contributed by atoms with van der Waals surface area (Å²) in [5.41, 5.74) is 0.340. The number of carbonyl (C=O) groups excluding carboxylic acids is 1. The Bertz CT molecular complexity index is 474. The molecular formula is C14H20N2O4. The van der Waals surface area contributed by atoms with E-state index in [0.29, 0.717) is 12.0 Å². The molecule has 0 radical (unpaired) electrons. The molecule has 1 aromatic carbocycles. The van der Waals surface area contributed by atoms with Crippen molar-refractivity contribution in [3.63, 3.8) is 0 Å². The van der Waals surface area contributed by atoms with Crippen molar-refractivity contribution in [2.45, 2.75) is 32.7 Å². The van der Waals surface area contributed by atoms with Gasteiger partial charge in [0.2, 0.25) is 5.91 Å². The van der Waals surface area contributed by atoms with Crippen molar-refractivity contribution in [3.05, 3.63) is 39.9 Å². The van der Waals surface area contributed by atoms with E-state index in [-0.39, 0.29) is 36.6 Å². The van der Waals surface area contributed by atoms with Crippen LogP contribution in [0.3, 0.4) is 0 Å². The van der Waals surface area contributed by atoms with Gasteiger partial charge in [-0.3, -0.25) is 14.9 Å². The highest BCUT2D eigenvalue weighted by molar-refractivity contribution is 5.80. The maximum absolute atomic E-state index is 12.0. The third-order valence-electron chi connectivity index (χ3n) is 3.13. The largest absolute Gasteiger partial charge is 0.396 e. The molecule has 0 aliphatic carbocycles. The smallest absolute Gasteiger partial charge is 0.273 e. The Morgan fingerprint density at radius 3 is 2.60 bits per heavy atom. The Morgan fingerprint density at radius 2 is 2.05 bits per heavy atom. The van der Waals surface area contributed by atoms with Crippen molar-refractivity contribution in [1.82, 2.24) is 5.32 Å². The van der Waals surface area contributed by atoms with E-state index in [1.54, 1.807) is 18.2 Å². The van der Waals surface area contributed by atoms with E-state index in [1.807, 2.05) is 13.8 Å². The van der Waals surface area contributed by atoms with Gasteiger partial charge in [0.15, 0.2) is 0 Å². The number of aliphatic hydroxyl groups is 1. The average molecular weight is 280 g/mol. The van der Waals surface area contributed by atoms with E-state index >= 15 is 0 Å². The van der Waals surface area contributed by atoms with E-state index in [0.717, 1.165) is 0 Å². The molecule has 0 fully saturated rings. The van der Waals surface area contributed by atoms with Crippen LogP contribution < -0.4 is 5.32 Å². The highest BCUT2D eigenvalue weighted by Crippen LogP contribution is 2.18. The topological polar surface area (TPSA) is 92.5 Å². The molecule has 6 heteroatoms. The summed E-state index contributed by atoms with van der Waals surface area (Å²) in [6.45, 7) is 3.89. The zero-order valence-corrected chi connectivity index (χ0v) is 11.7. The summed E-state index contributed by atoms with van der Waals surface area (Å²) in [7, 11) is 0. The number of carbonyl (C=O) groups is 1. The molecule has 1 atom stereocenters. The predicted molar refractivity (Wildman–Crippen MR) is 75.3 cm³/mol. The van der Waals surface area contributed by atoms with Gasteiger partial charge in [0.25, 0.3) is 5.69 Å². The molecule has 0 aliphatic heterocycles. The summed E-state index contributed by atoms with van der Waals surface area (Å²) in [6.07, 6.45) is 0.437. The standard InChI is InChI=1S/C14H20N2O4/c1-10(2)12(7-8-17)15-14(18)9-11-5-3-4-6-13(11)16(19)20/h3-6,10,12,17H,7-9H2,1-2H3,(H,15,18). The molecule has 0 saturated heterocycles. The quantitative estimate of drug-likeness (QED) is 0.587. The van der Waals surface area contributed by atoms with Crippen molar-refractivity contribution in [3.8, 4) is 0 Å². The number of nitrogens with one attached hydrogen (secondary N) is 1. The number of hydrogen-bond acceptors (Lipinski definition) is 4. The first-order valence-corrected chi connectivity index (χ1v) is 6.58. The SMILES string of the molecule is CC(C)C(CCO)NC(=O)Cc1ccccc1[N+](=O)[O-]. The zero-order chi connectivity index (χ0) is 15.1. The van der Waals surface area contributed by atoms with E-state index in [2.05, 4.69) is 5.32 Å². The molecule has 0 spiro atoms. The molecule has 110 valence electrons. The van der Waals surface area contributed by atoms with Crippen molar-refractivity contribution in [1.29, 1.82) is 0 Å². The van der Waals surface area contributed by atoms with Crippen LogP contribution in [0.5, 0.6) is 0 Å².